The van der Waals surface area contributed by atoms with Crippen LogP contribution >= 0.6 is 0 Å². The van der Waals surface area contributed by atoms with E-state index in [1.807, 2.05) is 13.8 Å². The molecule has 15 heavy (non-hydrogen) atoms. The minimum atomic E-state index is -0.119. The average molecular weight is 215 g/mol. The van der Waals surface area contributed by atoms with Crippen LogP contribution in [0, 0.1) is 5.92 Å². The molecule has 0 saturated carbocycles. The Bertz CT molecular complexity index is 186. The smallest absolute Gasteiger partial charge is 0.223 e. The maximum Gasteiger partial charge on any atom is 0.223 e. The number of ether oxygens (including phenoxy) is 2. The fraction of sp³-hybridized carbons (Fsp3) is 0.909. The minimum absolute atomic E-state index is 0.119. The molecule has 1 aliphatic heterocycles. The molecule has 0 aromatic carbocycles. The zero-order valence-corrected chi connectivity index (χ0v) is 9.62. The second-order valence-corrected chi connectivity index (χ2v) is 3.76. The van der Waals surface area contributed by atoms with Crippen LogP contribution in [0.4, 0.5) is 0 Å². The van der Waals surface area contributed by atoms with Gasteiger partial charge in [0, 0.05) is 18.9 Å². The summed E-state index contributed by atoms with van der Waals surface area (Å²) >= 11 is 0. The lowest BCUT2D eigenvalue weighted by molar-refractivity contribution is -0.125. The molecule has 1 rings (SSSR count). The third-order valence-corrected chi connectivity index (χ3v) is 2.73. The van der Waals surface area contributed by atoms with E-state index in [1.54, 1.807) is 0 Å². The third-order valence-electron chi connectivity index (χ3n) is 2.73. The van der Waals surface area contributed by atoms with Crippen molar-refractivity contribution in [3.8, 4) is 0 Å². The molecule has 0 radical (unpaired) electrons. The predicted molar refractivity (Wildman–Crippen MR) is 57.4 cm³/mol. The van der Waals surface area contributed by atoms with Crippen molar-refractivity contribution in [3.63, 3.8) is 0 Å². The Kier molecular flexibility index (Phi) is 5.65. The highest BCUT2D eigenvalue weighted by molar-refractivity contribution is 5.78. The maximum absolute atomic E-state index is 11.6. The number of carbonyl (C=O) groups excluding carboxylic acids is 1. The Hall–Kier alpha value is -0.610. The summed E-state index contributed by atoms with van der Waals surface area (Å²) in [4.78, 5) is 11.6. The van der Waals surface area contributed by atoms with Gasteiger partial charge in [-0.1, -0.05) is 13.8 Å². The molecule has 1 N–H and O–H groups in total. The summed E-state index contributed by atoms with van der Waals surface area (Å²) in [6.45, 7) is 6.06. The monoisotopic (exact) mass is 215 g/mol. The van der Waals surface area contributed by atoms with Gasteiger partial charge < -0.3 is 14.8 Å². The van der Waals surface area contributed by atoms with E-state index in [2.05, 4.69) is 5.32 Å². The van der Waals surface area contributed by atoms with E-state index in [0.717, 1.165) is 19.3 Å². The zero-order chi connectivity index (χ0) is 11.1. The molecular formula is C11H21NO3. The van der Waals surface area contributed by atoms with Crippen LogP contribution in [0.5, 0.6) is 0 Å². The summed E-state index contributed by atoms with van der Waals surface area (Å²) < 4.78 is 10.5. The van der Waals surface area contributed by atoms with Crippen LogP contribution in [0.3, 0.4) is 0 Å². The van der Waals surface area contributed by atoms with Gasteiger partial charge in [0.2, 0.25) is 5.91 Å². The van der Waals surface area contributed by atoms with E-state index in [4.69, 9.17) is 9.47 Å². The van der Waals surface area contributed by atoms with Crippen molar-refractivity contribution in [2.45, 2.75) is 39.4 Å². The van der Waals surface area contributed by atoms with Crippen molar-refractivity contribution in [2.24, 2.45) is 5.92 Å². The molecular weight excluding hydrogens is 194 g/mol. The van der Waals surface area contributed by atoms with Gasteiger partial charge in [0.1, 0.15) is 0 Å². The second-order valence-electron chi connectivity index (χ2n) is 3.76. The SMILES string of the molecule is CCC(CC)C(=O)NCCC1OCCO1. The highest BCUT2D eigenvalue weighted by atomic mass is 16.7. The van der Waals surface area contributed by atoms with E-state index >= 15 is 0 Å². The normalized spacial score (nSPS) is 17.3. The summed E-state index contributed by atoms with van der Waals surface area (Å²) in [7, 11) is 0. The van der Waals surface area contributed by atoms with Crippen LogP contribution in [0.1, 0.15) is 33.1 Å². The van der Waals surface area contributed by atoms with Crippen molar-refractivity contribution in [3.05, 3.63) is 0 Å². The van der Waals surface area contributed by atoms with Crippen LogP contribution in [-0.4, -0.2) is 32.0 Å². The van der Waals surface area contributed by atoms with Crippen LogP contribution in [0.15, 0.2) is 0 Å². The zero-order valence-electron chi connectivity index (χ0n) is 9.62. The standard InChI is InChI=1S/C11H21NO3/c1-3-9(4-2)11(13)12-6-5-10-14-7-8-15-10/h9-10H,3-8H2,1-2H3,(H,12,13). The lowest BCUT2D eigenvalue weighted by atomic mass is 10.0. The molecule has 0 bridgehead atoms. The summed E-state index contributed by atoms with van der Waals surface area (Å²) in [6.07, 6.45) is 2.43. The molecule has 4 nitrogen and oxygen atoms in total. The molecule has 0 unspecified atom stereocenters. The highest BCUT2D eigenvalue weighted by Gasteiger charge is 2.17. The number of carbonyl (C=O) groups is 1. The third kappa shape index (κ3) is 4.18. The van der Waals surface area contributed by atoms with Gasteiger partial charge in [0.05, 0.1) is 13.2 Å². The Morgan fingerprint density at radius 2 is 1.93 bits per heavy atom. The first-order valence-corrected chi connectivity index (χ1v) is 5.78. The molecule has 0 atom stereocenters. The fourth-order valence-electron chi connectivity index (χ4n) is 1.69. The van der Waals surface area contributed by atoms with E-state index in [9.17, 15) is 4.79 Å². The summed E-state index contributed by atoms with van der Waals surface area (Å²) in [5.74, 6) is 0.299. The molecule has 0 spiro atoms. The number of hydrogen-bond acceptors (Lipinski definition) is 3. The first kappa shape index (κ1) is 12.5. The van der Waals surface area contributed by atoms with E-state index in [-0.39, 0.29) is 18.1 Å². The van der Waals surface area contributed by atoms with Gasteiger partial charge >= 0.3 is 0 Å². The van der Waals surface area contributed by atoms with Gasteiger partial charge in [-0.3, -0.25) is 4.79 Å². The van der Waals surface area contributed by atoms with Crippen molar-refractivity contribution in [1.82, 2.24) is 5.32 Å². The van der Waals surface area contributed by atoms with Crippen LogP contribution in [0.2, 0.25) is 0 Å². The molecule has 88 valence electrons. The van der Waals surface area contributed by atoms with Gasteiger partial charge in [0.25, 0.3) is 0 Å². The number of amides is 1. The summed E-state index contributed by atoms with van der Waals surface area (Å²) in [5.41, 5.74) is 0. The summed E-state index contributed by atoms with van der Waals surface area (Å²) in [6, 6.07) is 0. The number of nitrogens with one attached hydrogen (secondary N) is 1. The summed E-state index contributed by atoms with van der Waals surface area (Å²) in [5, 5.41) is 2.91. The van der Waals surface area contributed by atoms with Crippen molar-refractivity contribution < 1.29 is 14.3 Å². The number of hydrogen-bond donors (Lipinski definition) is 1. The molecule has 1 saturated heterocycles. The first-order chi connectivity index (χ1) is 7.27. The maximum atomic E-state index is 11.6. The molecule has 1 heterocycles. The molecule has 0 aromatic heterocycles. The highest BCUT2D eigenvalue weighted by Crippen LogP contribution is 2.09. The fourth-order valence-corrected chi connectivity index (χ4v) is 1.69. The topological polar surface area (TPSA) is 47.6 Å². The van der Waals surface area contributed by atoms with Gasteiger partial charge in [-0.25, -0.2) is 0 Å². The molecule has 0 aliphatic carbocycles. The molecule has 1 fully saturated rings. The van der Waals surface area contributed by atoms with Crippen LogP contribution in [0.25, 0.3) is 0 Å². The Morgan fingerprint density at radius 3 is 2.47 bits per heavy atom. The quantitative estimate of drug-likeness (QED) is 0.726. The predicted octanol–water partition coefficient (Wildman–Crippen LogP) is 1.30. The van der Waals surface area contributed by atoms with E-state index < -0.39 is 0 Å². The lowest BCUT2D eigenvalue weighted by Crippen LogP contribution is -2.32. The van der Waals surface area contributed by atoms with Crippen molar-refractivity contribution in [2.75, 3.05) is 19.8 Å². The second kappa shape index (κ2) is 6.80. The largest absolute Gasteiger partial charge is 0.356 e. The van der Waals surface area contributed by atoms with Gasteiger partial charge in [-0.05, 0) is 12.8 Å². The van der Waals surface area contributed by atoms with Crippen LogP contribution in [-0.2, 0) is 14.3 Å². The molecule has 0 aromatic rings. The minimum Gasteiger partial charge on any atom is -0.356 e. The van der Waals surface area contributed by atoms with Gasteiger partial charge in [0.15, 0.2) is 6.29 Å². The Morgan fingerprint density at radius 1 is 1.33 bits per heavy atom. The van der Waals surface area contributed by atoms with Crippen molar-refractivity contribution in [1.29, 1.82) is 0 Å². The Labute approximate surface area is 91.3 Å². The number of rotatable bonds is 6. The van der Waals surface area contributed by atoms with Gasteiger partial charge in [-0.2, -0.15) is 0 Å². The van der Waals surface area contributed by atoms with E-state index in [1.165, 1.54) is 0 Å². The van der Waals surface area contributed by atoms with E-state index in [0.29, 0.717) is 19.8 Å². The first-order valence-electron chi connectivity index (χ1n) is 5.78. The van der Waals surface area contributed by atoms with Crippen LogP contribution < -0.4 is 5.32 Å². The van der Waals surface area contributed by atoms with Crippen molar-refractivity contribution >= 4 is 5.91 Å². The lowest BCUT2D eigenvalue weighted by Gasteiger charge is -2.14. The average Bonchev–Trinajstić information content (AvgIpc) is 2.72. The molecule has 4 heteroatoms. The van der Waals surface area contributed by atoms with Gasteiger partial charge in [-0.15, -0.1) is 0 Å². The Balaban J connectivity index is 2.10. The molecule has 1 aliphatic rings. The molecule has 1 amide bonds.